The first kappa shape index (κ1) is 19.6. The van der Waals surface area contributed by atoms with Gasteiger partial charge in [0.1, 0.15) is 5.75 Å². The second-order valence-electron chi connectivity index (χ2n) is 6.88. The van der Waals surface area contributed by atoms with Crippen LogP contribution in [0.4, 0.5) is 5.69 Å². The molecule has 0 spiro atoms. The summed E-state index contributed by atoms with van der Waals surface area (Å²) in [6.07, 6.45) is 3.12. The Labute approximate surface area is 164 Å². The number of carbonyl (C=O) groups is 3. The first-order chi connectivity index (χ1) is 13.5. The van der Waals surface area contributed by atoms with E-state index in [0.29, 0.717) is 41.4 Å². The number of ketones is 1. The molecule has 0 aliphatic heterocycles. The Bertz CT molecular complexity index is 840. The molecule has 0 radical (unpaired) electrons. The lowest BCUT2D eigenvalue weighted by molar-refractivity contribution is -0.116. The van der Waals surface area contributed by atoms with Crippen LogP contribution >= 0.6 is 0 Å². The second kappa shape index (κ2) is 9.17. The van der Waals surface area contributed by atoms with E-state index in [0.717, 1.165) is 12.8 Å². The summed E-state index contributed by atoms with van der Waals surface area (Å²) in [7, 11) is 1.58. The zero-order valence-corrected chi connectivity index (χ0v) is 15.9. The van der Waals surface area contributed by atoms with Crippen LogP contribution in [-0.2, 0) is 4.79 Å². The molecule has 6 nitrogen and oxygen atoms in total. The molecule has 0 atom stereocenters. The van der Waals surface area contributed by atoms with Crippen molar-refractivity contribution in [2.45, 2.75) is 38.1 Å². The molecule has 0 heterocycles. The van der Waals surface area contributed by atoms with E-state index in [1.165, 1.54) is 0 Å². The van der Waals surface area contributed by atoms with Crippen molar-refractivity contribution in [3.05, 3.63) is 59.7 Å². The summed E-state index contributed by atoms with van der Waals surface area (Å²) in [5.74, 6) is 0.462. The van der Waals surface area contributed by atoms with Crippen LogP contribution in [0.5, 0.6) is 5.75 Å². The largest absolute Gasteiger partial charge is 0.497 e. The Morgan fingerprint density at radius 3 is 2.18 bits per heavy atom. The van der Waals surface area contributed by atoms with E-state index in [9.17, 15) is 14.4 Å². The van der Waals surface area contributed by atoms with Gasteiger partial charge in [-0.15, -0.1) is 0 Å². The number of carbonyl (C=O) groups excluding carboxylic acids is 3. The van der Waals surface area contributed by atoms with Gasteiger partial charge in [0.15, 0.2) is 5.78 Å². The molecule has 1 aliphatic rings. The second-order valence-corrected chi connectivity index (χ2v) is 6.88. The average Bonchev–Trinajstić information content (AvgIpc) is 3.52. The molecule has 0 bridgehead atoms. The maximum absolute atomic E-state index is 12.2. The molecule has 3 rings (SSSR count). The molecule has 1 aliphatic carbocycles. The number of rotatable bonds is 9. The Morgan fingerprint density at radius 1 is 0.929 bits per heavy atom. The number of nitrogens with one attached hydrogen (secondary N) is 2. The first-order valence-electron chi connectivity index (χ1n) is 9.43. The fourth-order valence-corrected chi connectivity index (χ4v) is 2.76. The third-order valence-electron chi connectivity index (χ3n) is 4.56. The predicted octanol–water partition coefficient (Wildman–Crippen LogP) is 3.58. The van der Waals surface area contributed by atoms with Crippen LogP contribution in [0.3, 0.4) is 0 Å². The topological polar surface area (TPSA) is 84.5 Å². The molecule has 0 unspecified atom stereocenters. The monoisotopic (exact) mass is 380 g/mol. The SMILES string of the molecule is COc1ccc(C(=O)CCCC(=O)Nc2ccc(C(=O)NC3CC3)cc2)cc1. The van der Waals surface area contributed by atoms with Crippen molar-refractivity contribution < 1.29 is 19.1 Å². The van der Waals surface area contributed by atoms with E-state index in [4.69, 9.17) is 4.74 Å². The lowest BCUT2D eigenvalue weighted by Gasteiger charge is -2.07. The van der Waals surface area contributed by atoms with Gasteiger partial charge >= 0.3 is 0 Å². The van der Waals surface area contributed by atoms with Gasteiger partial charge in [-0.25, -0.2) is 0 Å². The van der Waals surface area contributed by atoms with Crippen LogP contribution in [0.15, 0.2) is 48.5 Å². The third-order valence-corrected chi connectivity index (χ3v) is 4.56. The summed E-state index contributed by atoms with van der Waals surface area (Å²) in [5, 5.41) is 5.71. The van der Waals surface area contributed by atoms with Crippen molar-refractivity contribution in [2.75, 3.05) is 12.4 Å². The lowest BCUT2D eigenvalue weighted by Crippen LogP contribution is -2.25. The summed E-state index contributed by atoms with van der Waals surface area (Å²) in [4.78, 5) is 36.2. The van der Waals surface area contributed by atoms with E-state index in [1.807, 2.05) is 0 Å². The van der Waals surface area contributed by atoms with Gasteiger partial charge in [-0.05, 0) is 67.8 Å². The van der Waals surface area contributed by atoms with Gasteiger partial charge in [0.25, 0.3) is 5.91 Å². The van der Waals surface area contributed by atoms with Crippen LogP contribution in [0, 0.1) is 0 Å². The highest BCUT2D eigenvalue weighted by molar-refractivity contribution is 5.97. The van der Waals surface area contributed by atoms with Crippen LogP contribution < -0.4 is 15.4 Å². The number of Topliss-reactive ketones (excluding diaryl/α,β-unsaturated/α-hetero) is 1. The number of ether oxygens (including phenoxy) is 1. The molecule has 2 amide bonds. The van der Waals surface area contributed by atoms with Crippen molar-refractivity contribution >= 4 is 23.3 Å². The van der Waals surface area contributed by atoms with Gasteiger partial charge in [0.05, 0.1) is 7.11 Å². The Morgan fingerprint density at radius 2 is 1.57 bits per heavy atom. The van der Waals surface area contributed by atoms with Crippen molar-refractivity contribution in [3.8, 4) is 5.75 Å². The highest BCUT2D eigenvalue weighted by Crippen LogP contribution is 2.20. The molecule has 0 saturated heterocycles. The number of hydrogen-bond donors (Lipinski definition) is 2. The van der Waals surface area contributed by atoms with Crippen LogP contribution in [0.1, 0.15) is 52.8 Å². The summed E-state index contributed by atoms with van der Waals surface area (Å²) >= 11 is 0. The molecule has 1 fully saturated rings. The quantitative estimate of drug-likeness (QED) is 0.651. The molecule has 2 aromatic rings. The third kappa shape index (κ3) is 5.67. The number of amides is 2. The van der Waals surface area contributed by atoms with Gasteiger partial charge in [0.2, 0.25) is 5.91 Å². The first-order valence-corrected chi connectivity index (χ1v) is 9.43. The average molecular weight is 380 g/mol. The Balaban J connectivity index is 1.41. The summed E-state index contributed by atoms with van der Waals surface area (Å²) in [6, 6.07) is 14.1. The van der Waals surface area contributed by atoms with Gasteiger partial charge in [0, 0.05) is 35.7 Å². The molecular weight excluding hydrogens is 356 g/mol. The molecule has 6 heteroatoms. The number of hydrogen-bond acceptors (Lipinski definition) is 4. The minimum atomic E-state index is -0.155. The number of methoxy groups -OCH3 is 1. The predicted molar refractivity (Wildman–Crippen MR) is 107 cm³/mol. The Kier molecular flexibility index (Phi) is 6.42. The molecular formula is C22H24N2O4. The fourth-order valence-electron chi connectivity index (χ4n) is 2.76. The maximum Gasteiger partial charge on any atom is 0.251 e. The zero-order chi connectivity index (χ0) is 19.9. The van der Waals surface area contributed by atoms with E-state index in [-0.39, 0.29) is 24.0 Å². The molecule has 2 aromatic carbocycles. The van der Waals surface area contributed by atoms with Crippen molar-refractivity contribution in [1.29, 1.82) is 0 Å². The summed E-state index contributed by atoms with van der Waals surface area (Å²) in [6.45, 7) is 0. The zero-order valence-electron chi connectivity index (χ0n) is 15.9. The lowest BCUT2D eigenvalue weighted by atomic mass is 10.1. The normalized spacial score (nSPS) is 12.9. The minimum Gasteiger partial charge on any atom is -0.497 e. The van der Waals surface area contributed by atoms with Gasteiger partial charge in [-0.2, -0.15) is 0 Å². The van der Waals surface area contributed by atoms with Crippen LogP contribution in [-0.4, -0.2) is 30.7 Å². The summed E-state index contributed by atoms with van der Waals surface area (Å²) in [5.41, 5.74) is 1.82. The minimum absolute atomic E-state index is 0.00137. The van der Waals surface area contributed by atoms with Crippen molar-refractivity contribution in [1.82, 2.24) is 5.32 Å². The van der Waals surface area contributed by atoms with Crippen molar-refractivity contribution in [3.63, 3.8) is 0 Å². The smallest absolute Gasteiger partial charge is 0.251 e. The van der Waals surface area contributed by atoms with E-state index in [2.05, 4.69) is 10.6 Å². The number of anilines is 1. The molecule has 2 N–H and O–H groups in total. The van der Waals surface area contributed by atoms with Crippen molar-refractivity contribution in [2.24, 2.45) is 0 Å². The highest BCUT2D eigenvalue weighted by Gasteiger charge is 2.23. The van der Waals surface area contributed by atoms with Gasteiger partial charge in [-0.1, -0.05) is 0 Å². The molecule has 0 aromatic heterocycles. The van der Waals surface area contributed by atoms with E-state index >= 15 is 0 Å². The van der Waals surface area contributed by atoms with E-state index < -0.39 is 0 Å². The molecule has 1 saturated carbocycles. The van der Waals surface area contributed by atoms with Gasteiger partial charge in [-0.3, -0.25) is 14.4 Å². The highest BCUT2D eigenvalue weighted by atomic mass is 16.5. The standard InChI is InChI=1S/C22H24N2O4/c1-28-19-13-7-15(8-14-19)20(25)3-2-4-21(26)23-17-9-5-16(6-10-17)22(27)24-18-11-12-18/h5-10,13-14,18H,2-4,11-12H2,1H3,(H,23,26)(H,24,27). The Hall–Kier alpha value is -3.15. The summed E-state index contributed by atoms with van der Waals surface area (Å²) < 4.78 is 5.07. The number of benzene rings is 2. The molecule has 28 heavy (non-hydrogen) atoms. The van der Waals surface area contributed by atoms with Crippen LogP contribution in [0.25, 0.3) is 0 Å². The molecule has 146 valence electrons. The van der Waals surface area contributed by atoms with Gasteiger partial charge < -0.3 is 15.4 Å². The van der Waals surface area contributed by atoms with E-state index in [1.54, 1.807) is 55.6 Å². The fraction of sp³-hybridized carbons (Fsp3) is 0.318. The van der Waals surface area contributed by atoms with Crippen LogP contribution in [0.2, 0.25) is 0 Å². The maximum atomic E-state index is 12.2.